The third kappa shape index (κ3) is 3.12. The number of hydrogen-bond donors (Lipinski definition) is 1. The number of pyridine rings is 1. The van der Waals surface area contributed by atoms with Crippen LogP contribution in [0.5, 0.6) is 0 Å². The summed E-state index contributed by atoms with van der Waals surface area (Å²) in [6.45, 7) is 3.96. The molecule has 0 saturated heterocycles. The zero-order chi connectivity index (χ0) is 14.5. The number of aromatic nitrogens is 1. The van der Waals surface area contributed by atoms with Gasteiger partial charge in [-0.3, -0.25) is 4.79 Å². The van der Waals surface area contributed by atoms with Crippen molar-refractivity contribution in [3.63, 3.8) is 0 Å². The minimum Gasteiger partial charge on any atom is -0.325 e. The van der Waals surface area contributed by atoms with Crippen LogP contribution in [0.2, 0.25) is 0 Å². The number of benzene rings is 1. The Kier molecular flexibility index (Phi) is 4.65. The third-order valence-electron chi connectivity index (χ3n) is 2.90. The molecule has 0 spiro atoms. The van der Waals surface area contributed by atoms with Gasteiger partial charge in [-0.25, -0.2) is 0 Å². The Morgan fingerprint density at radius 2 is 2.15 bits per heavy atom. The molecule has 1 aromatic heterocycles. The minimum atomic E-state index is -0.325. The highest BCUT2D eigenvalue weighted by Crippen LogP contribution is 2.27. The predicted molar refractivity (Wildman–Crippen MR) is 83.0 cm³/mol. The number of rotatable bonds is 4. The van der Waals surface area contributed by atoms with Gasteiger partial charge < -0.3 is 4.98 Å². The van der Waals surface area contributed by atoms with Crippen LogP contribution in [0, 0.1) is 18.3 Å². The fraction of sp³-hybridized carbons (Fsp3) is 0.250. The normalized spacial score (nSPS) is 10.2. The lowest BCUT2D eigenvalue weighted by molar-refractivity contribution is 1.10. The van der Waals surface area contributed by atoms with Crippen molar-refractivity contribution in [2.75, 3.05) is 5.75 Å². The predicted octanol–water partition coefficient (Wildman–Crippen LogP) is 3.72. The van der Waals surface area contributed by atoms with E-state index in [0.29, 0.717) is 5.56 Å². The van der Waals surface area contributed by atoms with Crippen molar-refractivity contribution in [3.8, 4) is 17.2 Å². The van der Waals surface area contributed by atoms with Crippen molar-refractivity contribution >= 4 is 11.8 Å². The number of hydrogen-bond acceptors (Lipinski definition) is 3. The molecule has 4 heteroatoms. The van der Waals surface area contributed by atoms with E-state index in [1.165, 1.54) is 0 Å². The summed E-state index contributed by atoms with van der Waals surface area (Å²) in [5, 5.41) is 9.19. The second-order valence-corrected chi connectivity index (χ2v) is 5.73. The lowest BCUT2D eigenvalue weighted by Crippen LogP contribution is -2.12. The van der Waals surface area contributed by atoms with E-state index in [1.807, 2.05) is 37.3 Å². The molecular formula is C16H16N2OS. The molecular weight excluding hydrogens is 268 g/mol. The monoisotopic (exact) mass is 284 g/mol. The van der Waals surface area contributed by atoms with E-state index in [2.05, 4.69) is 18.0 Å². The van der Waals surface area contributed by atoms with Crippen LogP contribution < -0.4 is 5.56 Å². The van der Waals surface area contributed by atoms with E-state index >= 15 is 0 Å². The van der Waals surface area contributed by atoms with E-state index < -0.39 is 0 Å². The van der Waals surface area contributed by atoms with Crippen LogP contribution in [0.1, 0.15) is 24.6 Å². The maximum atomic E-state index is 11.8. The zero-order valence-electron chi connectivity index (χ0n) is 11.6. The number of aryl methyl sites for hydroxylation is 1. The third-order valence-corrected chi connectivity index (χ3v) is 4.10. The van der Waals surface area contributed by atoms with Crippen molar-refractivity contribution in [1.82, 2.24) is 4.98 Å². The molecule has 1 aromatic carbocycles. The summed E-state index contributed by atoms with van der Waals surface area (Å²) in [4.78, 5) is 15.7. The van der Waals surface area contributed by atoms with Crippen molar-refractivity contribution in [1.29, 1.82) is 5.26 Å². The first-order valence-electron chi connectivity index (χ1n) is 6.53. The molecule has 1 N–H and O–H groups in total. The van der Waals surface area contributed by atoms with Crippen LogP contribution in [0.4, 0.5) is 0 Å². The molecule has 0 bridgehead atoms. The summed E-state index contributed by atoms with van der Waals surface area (Å²) in [7, 11) is 0. The lowest BCUT2D eigenvalue weighted by Gasteiger charge is -2.07. The molecule has 3 nitrogen and oxygen atoms in total. The first-order chi connectivity index (χ1) is 9.65. The molecule has 0 saturated carbocycles. The highest BCUT2D eigenvalue weighted by Gasteiger charge is 2.10. The molecule has 102 valence electrons. The molecule has 2 rings (SSSR count). The molecule has 0 radical (unpaired) electrons. The van der Waals surface area contributed by atoms with Crippen LogP contribution in [0.3, 0.4) is 0 Å². The number of nitrogens with one attached hydrogen (secondary N) is 1. The molecule has 0 aliphatic carbocycles. The average molecular weight is 284 g/mol. The van der Waals surface area contributed by atoms with Gasteiger partial charge in [0.15, 0.2) is 0 Å². The average Bonchev–Trinajstić information content (AvgIpc) is 2.44. The molecule has 2 aromatic rings. The van der Waals surface area contributed by atoms with Crippen molar-refractivity contribution in [2.45, 2.75) is 25.2 Å². The Morgan fingerprint density at radius 1 is 1.35 bits per heavy atom. The molecule has 20 heavy (non-hydrogen) atoms. The fourth-order valence-corrected chi connectivity index (χ4v) is 2.83. The summed E-state index contributed by atoms with van der Waals surface area (Å²) in [6.07, 6.45) is 1.11. The molecule has 0 aliphatic heterocycles. The first-order valence-corrected chi connectivity index (χ1v) is 7.51. The van der Waals surface area contributed by atoms with Gasteiger partial charge >= 0.3 is 0 Å². The molecule has 0 atom stereocenters. The van der Waals surface area contributed by atoms with Gasteiger partial charge in [0.25, 0.3) is 5.56 Å². The fourth-order valence-electron chi connectivity index (χ4n) is 2.00. The van der Waals surface area contributed by atoms with Gasteiger partial charge in [0.2, 0.25) is 0 Å². The van der Waals surface area contributed by atoms with Crippen molar-refractivity contribution < 1.29 is 0 Å². The van der Waals surface area contributed by atoms with E-state index in [4.69, 9.17) is 0 Å². The first kappa shape index (κ1) is 14.4. The molecule has 1 heterocycles. The van der Waals surface area contributed by atoms with Crippen LogP contribution in [0.25, 0.3) is 11.1 Å². The maximum Gasteiger partial charge on any atom is 0.266 e. The van der Waals surface area contributed by atoms with Gasteiger partial charge in [0, 0.05) is 16.2 Å². The Morgan fingerprint density at radius 3 is 2.85 bits per heavy atom. The molecule has 0 unspecified atom stereocenters. The van der Waals surface area contributed by atoms with Crippen LogP contribution in [-0.2, 0) is 0 Å². The second-order valence-electron chi connectivity index (χ2n) is 4.56. The van der Waals surface area contributed by atoms with Gasteiger partial charge in [-0.2, -0.15) is 5.26 Å². The van der Waals surface area contributed by atoms with E-state index in [-0.39, 0.29) is 11.1 Å². The smallest absolute Gasteiger partial charge is 0.266 e. The summed E-state index contributed by atoms with van der Waals surface area (Å²) in [6, 6.07) is 11.8. The van der Waals surface area contributed by atoms with Crippen LogP contribution >= 0.6 is 11.8 Å². The second kappa shape index (κ2) is 6.44. The Bertz CT molecular complexity index is 713. The van der Waals surface area contributed by atoms with Gasteiger partial charge in [-0.05, 0) is 42.9 Å². The Labute approximate surface area is 122 Å². The quantitative estimate of drug-likeness (QED) is 0.870. The number of nitriles is 1. The zero-order valence-corrected chi connectivity index (χ0v) is 12.4. The SMILES string of the molecule is CCCSc1cccc(-c2cc(C)[nH]c(=O)c2C#N)c1. The number of H-pyrrole nitrogens is 1. The largest absolute Gasteiger partial charge is 0.325 e. The van der Waals surface area contributed by atoms with Crippen molar-refractivity contribution in [3.05, 3.63) is 51.9 Å². The van der Waals surface area contributed by atoms with Crippen LogP contribution in [0.15, 0.2) is 40.0 Å². The lowest BCUT2D eigenvalue weighted by atomic mass is 10.0. The summed E-state index contributed by atoms with van der Waals surface area (Å²) >= 11 is 1.78. The molecule has 0 aliphatic rings. The van der Waals surface area contributed by atoms with Gasteiger partial charge in [0.1, 0.15) is 11.6 Å². The maximum absolute atomic E-state index is 11.8. The van der Waals surface area contributed by atoms with Gasteiger partial charge in [-0.1, -0.05) is 19.1 Å². The van der Waals surface area contributed by atoms with E-state index in [1.54, 1.807) is 11.8 Å². The minimum absolute atomic E-state index is 0.174. The standard InChI is InChI=1S/C16H16N2OS/c1-3-7-20-13-6-4-5-12(9-13)14-8-11(2)18-16(19)15(14)10-17/h4-6,8-9H,3,7H2,1-2H3,(H,18,19). The summed E-state index contributed by atoms with van der Waals surface area (Å²) in [5.74, 6) is 1.06. The Balaban J connectivity index is 2.52. The highest BCUT2D eigenvalue weighted by molar-refractivity contribution is 7.99. The van der Waals surface area contributed by atoms with E-state index in [0.717, 1.165) is 28.3 Å². The summed E-state index contributed by atoms with van der Waals surface area (Å²) in [5.41, 5.74) is 2.22. The van der Waals surface area contributed by atoms with Crippen molar-refractivity contribution in [2.24, 2.45) is 0 Å². The van der Waals surface area contributed by atoms with E-state index in [9.17, 15) is 10.1 Å². The van der Waals surface area contributed by atoms with Gasteiger partial charge in [-0.15, -0.1) is 11.8 Å². The number of aromatic amines is 1. The van der Waals surface area contributed by atoms with Crippen LogP contribution in [-0.4, -0.2) is 10.7 Å². The summed E-state index contributed by atoms with van der Waals surface area (Å²) < 4.78 is 0. The molecule has 0 amide bonds. The number of nitrogens with zero attached hydrogens (tertiary/aromatic N) is 1. The Hall–Kier alpha value is -1.99. The number of thioether (sulfide) groups is 1. The highest BCUT2D eigenvalue weighted by atomic mass is 32.2. The van der Waals surface area contributed by atoms with Gasteiger partial charge in [0.05, 0.1) is 0 Å². The molecule has 0 fully saturated rings. The topological polar surface area (TPSA) is 56.6 Å².